The number of esters is 1. The van der Waals surface area contributed by atoms with Gasteiger partial charge >= 0.3 is 5.97 Å². The zero-order valence-electron chi connectivity index (χ0n) is 14.2. The summed E-state index contributed by atoms with van der Waals surface area (Å²) >= 11 is 1.32. The van der Waals surface area contributed by atoms with Crippen LogP contribution < -0.4 is 5.56 Å². The van der Waals surface area contributed by atoms with Gasteiger partial charge in [0, 0.05) is 11.1 Å². The van der Waals surface area contributed by atoms with E-state index in [2.05, 4.69) is 15.0 Å². The first-order chi connectivity index (χ1) is 12.5. The van der Waals surface area contributed by atoms with E-state index < -0.39 is 5.97 Å². The summed E-state index contributed by atoms with van der Waals surface area (Å²) < 4.78 is 5.80. The van der Waals surface area contributed by atoms with Crippen molar-refractivity contribution in [3.05, 3.63) is 69.4 Å². The molecule has 0 saturated carbocycles. The summed E-state index contributed by atoms with van der Waals surface area (Å²) in [4.78, 5) is 37.0. The zero-order valence-corrected chi connectivity index (χ0v) is 15.0. The van der Waals surface area contributed by atoms with Crippen LogP contribution in [-0.2, 0) is 11.3 Å². The molecule has 26 heavy (non-hydrogen) atoms. The Balaban J connectivity index is 1.72. The fourth-order valence-electron chi connectivity index (χ4n) is 2.89. The van der Waals surface area contributed by atoms with E-state index >= 15 is 0 Å². The summed E-state index contributed by atoms with van der Waals surface area (Å²) in [5.41, 5.74) is 2.72. The fraction of sp³-hybridized carbons (Fsp3) is 0.158. The van der Waals surface area contributed by atoms with E-state index in [1.54, 1.807) is 24.3 Å². The van der Waals surface area contributed by atoms with Gasteiger partial charge in [0.15, 0.2) is 0 Å². The van der Waals surface area contributed by atoms with Crippen LogP contribution in [0.25, 0.3) is 20.4 Å². The Morgan fingerprint density at radius 2 is 1.96 bits per heavy atom. The molecule has 7 heteroatoms. The number of H-pyrrole nitrogens is 1. The number of hydrogen-bond donors (Lipinski definition) is 1. The number of nitrogens with zero attached hydrogens (tertiary/aromatic N) is 2. The normalized spacial score (nSPS) is 11.2. The van der Waals surface area contributed by atoms with Gasteiger partial charge in [-0.05, 0) is 37.6 Å². The Hall–Kier alpha value is -3.06. The van der Waals surface area contributed by atoms with E-state index in [-0.39, 0.29) is 12.2 Å². The van der Waals surface area contributed by atoms with Crippen LogP contribution >= 0.6 is 11.3 Å². The number of aromatic nitrogens is 3. The molecule has 130 valence electrons. The molecule has 0 aliphatic rings. The van der Waals surface area contributed by atoms with Gasteiger partial charge < -0.3 is 9.72 Å². The van der Waals surface area contributed by atoms with E-state index in [4.69, 9.17) is 4.74 Å². The van der Waals surface area contributed by atoms with Gasteiger partial charge in [-0.15, -0.1) is 11.3 Å². The highest BCUT2D eigenvalue weighted by Crippen LogP contribution is 2.31. The number of thiophene rings is 1. The molecule has 6 nitrogen and oxygen atoms in total. The molecule has 0 aliphatic heterocycles. The van der Waals surface area contributed by atoms with Crippen LogP contribution in [0.3, 0.4) is 0 Å². The molecular weight excluding hydrogens is 350 g/mol. The second-order valence-corrected chi connectivity index (χ2v) is 6.99. The summed E-state index contributed by atoms with van der Waals surface area (Å²) in [6.07, 6.45) is 0. The molecule has 0 amide bonds. The summed E-state index contributed by atoms with van der Waals surface area (Å²) in [7, 11) is 0. The van der Waals surface area contributed by atoms with Gasteiger partial charge in [0.25, 0.3) is 5.56 Å². The van der Waals surface area contributed by atoms with Crippen molar-refractivity contribution in [3.8, 4) is 0 Å². The zero-order chi connectivity index (χ0) is 18.3. The van der Waals surface area contributed by atoms with E-state index in [1.165, 1.54) is 11.3 Å². The second kappa shape index (κ2) is 6.34. The smallest absolute Gasteiger partial charge is 0.338 e. The maximum Gasteiger partial charge on any atom is 0.338 e. The molecule has 1 aromatic carbocycles. The van der Waals surface area contributed by atoms with Gasteiger partial charge in [-0.2, -0.15) is 0 Å². The van der Waals surface area contributed by atoms with E-state index in [9.17, 15) is 9.59 Å². The molecule has 0 bridgehead atoms. The number of hydrogen-bond acceptors (Lipinski definition) is 6. The SMILES string of the molecule is Cc1cc(C)c2c(n1)sc1c(=O)[nH]c(COC(=O)c3ccccc3)nc12. The minimum atomic E-state index is -0.461. The molecular formula is C19H15N3O3S. The molecule has 3 heterocycles. The predicted molar refractivity (Wildman–Crippen MR) is 101 cm³/mol. The van der Waals surface area contributed by atoms with Crippen LogP contribution in [0.1, 0.15) is 27.4 Å². The lowest BCUT2D eigenvalue weighted by Gasteiger charge is -2.05. The van der Waals surface area contributed by atoms with Crippen molar-refractivity contribution >= 4 is 37.7 Å². The lowest BCUT2D eigenvalue weighted by molar-refractivity contribution is 0.0462. The molecule has 1 N–H and O–H groups in total. The summed E-state index contributed by atoms with van der Waals surface area (Å²) in [5.74, 6) is -0.150. The summed E-state index contributed by atoms with van der Waals surface area (Å²) in [6, 6.07) is 10.7. The third-order valence-corrected chi connectivity index (χ3v) is 5.09. The monoisotopic (exact) mass is 365 g/mol. The molecule has 0 saturated heterocycles. The Kier molecular flexibility index (Phi) is 4.00. The Bertz CT molecular complexity index is 1200. The number of fused-ring (bicyclic) bond motifs is 3. The number of pyridine rings is 1. The summed E-state index contributed by atoms with van der Waals surface area (Å²) in [6.45, 7) is 3.79. The average molecular weight is 365 g/mol. The van der Waals surface area contributed by atoms with Crippen molar-refractivity contribution in [1.29, 1.82) is 0 Å². The van der Waals surface area contributed by atoms with Gasteiger partial charge in [-0.25, -0.2) is 14.8 Å². The number of ether oxygens (including phenoxy) is 1. The van der Waals surface area contributed by atoms with Crippen LogP contribution in [-0.4, -0.2) is 20.9 Å². The van der Waals surface area contributed by atoms with Crippen molar-refractivity contribution in [3.63, 3.8) is 0 Å². The lowest BCUT2D eigenvalue weighted by atomic mass is 10.1. The minimum absolute atomic E-state index is 0.103. The predicted octanol–water partition coefficient (Wildman–Crippen LogP) is 3.51. The third kappa shape index (κ3) is 2.86. The van der Waals surface area contributed by atoms with Gasteiger partial charge in [0.1, 0.15) is 22.0 Å². The molecule has 0 spiro atoms. The molecule has 0 radical (unpaired) electrons. The van der Waals surface area contributed by atoms with E-state index in [0.717, 1.165) is 21.5 Å². The topological polar surface area (TPSA) is 84.9 Å². The second-order valence-electron chi connectivity index (χ2n) is 6.00. The molecule has 0 atom stereocenters. The minimum Gasteiger partial charge on any atom is -0.454 e. The highest BCUT2D eigenvalue weighted by Gasteiger charge is 2.15. The summed E-state index contributed by atoms with van der Waals surface area (Å²) in [5, 5.41) is 0.873. The number of benzene rings is 1. The van der Waals surface area contributed by atoms with Crippen molar-refractivity contribution in [1.82, 2.24) is 15.0 Å². The largest absolute Gasteiger partial charge is 0.454 e. The number of aromatic amines is 1. The Morgan fingerprint density at radius 1 is 1.19 bits per heavy atom. The van der Waals surface area contributed by atoms with Crippen LogP contribution in [0.5, 0.6) is 0 Å². The standard InChI is InChI=1S/C19H15N3O3S/c1-10-8-11(2)20-18-14(10)15-16(26-18)17(23)22-13(21-15)9-25-19(24)12-6-4-3-5-7-12/h3-8H,9H2,1-2H3,(H,21,22,23). The van der Waals surface area contributed by atoms with Crippen molar-refractivity contribution in [2.24, 2.45) is 0 Å². The molecule has 4 aromatic rings. The van der Waals surface area contributed by atoms with Crippen molar-refractivity contribution in [2.45, 2.75) is 20.5 Å². The van der Waals surface area contributed by atoms with E-state index in [1.807, 2.05) is 26.0 Å². The maximum absolute atomic E-state index is 12.4. The molecule has 0 fully saturated rings. The first-order valence-electron chi connectivity index (χ1n) is 8.05. The number of carbonyl (C=O) groups is 1. The quantitative estimate of drug-likeness (QED) is 0.562. The molecule has 3 aromatic heterocycles. The first-order valence-corrected chi connectivity index (χ1v) is 8.86. The van der Waals surface area contributed by atoms with Gasteiger partial charge in [-0.1, -0.05) is 18.2 Å². The highest BCUT2D eigenvalue weighted by atomic mass is 32.1. The number of rotatable bonds is 3. The van der Waals surface area contributed by atoms with Gasteiger partial charge in [0.05, 0.1) is 11.1 Å². The first kappa shape index (κ1) is 16.4. The van der Waals surface area contributed by atoms with Crippen LogP contribution in [0, 0.1) is 13.8 Å². The highest BCUT2D eigenvalue weighted by molar-refractivity contribution is 7.25. The number of nitrogens with one attached hydrogen (secondary N) is 1. The number of carbonyl (C=O) groups excluding carboxylic acids is 1. The fourth-order valence-corrected chi connectivity index (χ4v) is 4.02. The van der Waals surface area contributed by atoms with E-state index in [0.29, 0.717) is 21.6 Å². The lowest BCUT2D eigenvalue weighted by Crippen LogP contribution is -2.13. The van der Waals surface area contributed by atoms with Gasteiger partial charge in [-0.3, -0.25) is 4.79 Å². The van der Waals surface area contributed by atoms with Crippen LogP contribution in [0.2, 0.25) is 0 Å². The van der Waals surface area contributed by atoms with Crippen molar-refractivity contribution < 1.29 is 9.53 Å². The van der Waals surface area contributed by atoms with Crippen LogP contribution in [0.15, 0.2) is 41.2 Å². The maximum atomic E-state index is 12.4. The molecule has 0 aliphatic carbocycles. The van der Waals surface area contributed by atoms with Crippen LogP contribution in [0.4, 0.5) is 0 Å². The molecule has 0 unspecified atom stereocenters. The van der Waals surface area contributed by atoms with Crippen molar-refractivity contribution in [2.75, 3.05) is 0 Å². The Morgan fingerprint density at radius 3 is 2.73 bits per heavy atom. The van der Waals surface area contributed by atoms with Gasteiger partial charge in [0.2, 0.25) is 0 Å². The number of aryl methyl sites for hydroxylation is 2. The average Bonchev–Trinajstić information content (AvgIpc) is 2.99. The molecule has 4 rings (SSSR count). The third-order valence-electron chi connectivity index (χ3n) is 4.02. The Labute approximate surface area is 152 Å².